The van der Waals surface area contributed by atoms with Crippen LogP contribution in [-0.2, 0) is 11.2 Å². The van der Waals surface area contributed by atoms with Gasteiger partial charge >= 0.3 is 0 Å². The molecule has 1 aromatic heterocycles. The van der Waals surface area contributed by atoms with Crippen LogP contribution in [0.2, 0.25) is 5.02 Å². The Hall–Kier alpha value is -2.15. The molecule has 2 aromatic rings. The van der Waals surface area contributed by atoms with E-state index in [9.17, 15) is 4.79 Å². The first-order valence-electron chi connectivity index (χ1n) is 6.45. The molecule has 0 fully saturated rings. The van der Waals surface area contributed by atoms with Crippen molar-refractivity contribution in [3.63, 3.8) is 0 Å². The second-order valence-electron chi connectivity index (χ2n) is 4.53. The molecule has 0 aliphatic carbocycles. The van der Waals surface area contributed by atoms with E-state index in [-0.39, 0.29) is 11.9 Å². The number of aromatic nitrogens is 4. The van der Waals surface area contributed by atoms with E-state index >= 15 is 0 Å². The van der Waals surface area contributed by atoms with E-state index in [1.54, 1.807) is 26.2 Å². The third-order valence-electron chi connectivity index (χ3n) is 2.98. The Morgan fingerprint density at radius 3 is 2.95 bits per heavy atom. The van der Waals surface area contributed by atoms with E-state index in [1.807, 2.05) is 6.07 Å². The van der Waals surface area contributed by atoms with Gasteiger partial charge in [-0.2, -0.15) is 5.21 Å². The van der Waals surface area contributed by atoms with Gasteiger partial charge in [0.1, 0.15) is 5.75 Å². The van der Waals surface area contributed by atoms with Gasteiger partial charge in [-0.3, -0.25) is 4.79 Å². The fourth-order valence-electron chi connectivity index (χ4n) is 1.85. The van der Waals surface area contributed by atoms with Crippen molar-refractivity contribution < 1.29 is 9.53 Å². The van der Waals surface area contributed by atoms with Crippen LogP contribution in [-0.4, -0.2) is 33.6 Å². The zero-order valence-electron chi connectivity index (χ0n) is 11.8. The molecule has 112 valence electrons. The molecule has 0 aliphatic heterocycles. The quantitative estimate of drug-likeness (QED) is 0.846. The summed E-state index contributed by atoms with van der Waals surface area (Å²) in [5.41, 5.74) is 0.975. The van der Waals surface area contributed by atoms with Crippen molar-refractivity contribution in [2.24, 2.45) is 0 Å². The van der Waals surface area contributed by atoms with Gasteiger partial charge in [0.15, 0.2) is 5.82 Å². The molecule has 7 nitrogen and oxygen atoms in total. The standard InChI is InChI=1S/C13H16ClN5O2/c1-8(13-16-18-19-17-13)15-12(20)6-4-9-3-5-11(21-2)10(14)7-9/h3,5,7-8H,4,6H2,1-2H3,(H,15,20)(H,16,17,18,19). The molecule has 0 spiro atoms. The van der Waals surface area contributed by atoms with Gasteiger partial charge in [0.2, 0.25) is 5.91 Å². The van der Waals surface area contributed by atoms with Crippen LogP contribution in [0.1, 0.15) is 30.8 Å². The first-order chi connectivity index (χ1) is 10.1. The van der Waals surface area contributed by atoms with Crippen LogP contribution >= 0.6 is 11.6 Å². The predicted octanol–water partition coefficient (Wildman–Crippen LogP) is 1.67. The Morgan fingerprint density at radius 2 is 2.33 bits per heavy atom. The van der Waals surface area contributed by atoms with Crippen molar-refractivity contribution in [3.8, 4) is 5.75 Å². The molecule has 0 bridgehead atoms. The van der Waals surface area contributed by atoms with Gasteiger partial charge in [0, 0.05) is 6.42 Å². The van der Waals surface area contributed by atoms with Crippen molar-refractivity contribution in [1.29, 1.82) is 0 Å². The molecule has 1 atom stereocenters. The summed E-state index contributed by atoms with van der Waals surface area (Å²) in [7, 11) is 1.56. The van der Waals surface area contributed by atoms with Crippen LogP contribution in [0.15, 0.2) is 18.2 Å². The highest BCUT2D eigenvalue weighted by molar-refractivity contribution is 6.32. The first kappa shape index (κ1) is 15.2. The average Bonchev–Trinajstić information content (AvgIpc) is 2.99. The van der Waals surface area contributed by atoms with Gasteiger partial charge in [0.05, 0.1) is 18.2 Å². The van der Waals surface area contributed by atoms with Gasteiger partial charge in [-0.05, 0) is 31.0 Å². The molecule has 8 heteroatoms. The number of hydrogen-bond donors (Lipinski definition) is 2. The number of methoxy groups -OCH3 is 1. The molecular weight excluding hydrogens is 294 g/mol. The number of amides is 1. The number of ether oxygens (including phenoxy) is 1. The maximum absolute atomic E-state index is 11.9. The number of aryl methyl sites for hydroxylation is 1. The number of nitrogens with one attached hydrogen (secondary N) is 2. The Morgan fingerprint density at radius 1 is 1.52 bits per heavy atom. The van der Waals surface area contributed by atoms with Gasteiger partial charge in [-0.15, -0.1) is 10.2 Å². The number of halogens is 1. The topological polar surface area (TPSA) is 92.8 Å². The van der Waals surface area contributed by atoms with E-state index in [2.05, 4.69) is 25.9 Å². The maximum atomic E-state index is 11.9. The van der Waals surface area contributed by atoms with Crippen molar-refractivity contribution in [1.82, 2.24) is 25.9 Å². The molecule has 0 saturated carbocycles. The Labute approximate surface area is 127 Å². The number of aromatic amines is 1. The van der Waals surface area contributed by atoms with Crippen molar-refractivity contribution in [2.75, 3.05) is 7.11 Å². The van der Waals surface area contributed by atoms with Crippen LogP contribution in [0.25, 0.3) is 0 Å². The molecule has 1 heterocycles. The minimum atomic E-state index is -0.282. The largest absolute Gasteiger partial charge is 0.495 e. The maximum Gasteiger partial charge on any atom is 0.220 e. The number of carbonyl (C=O) groups is 1. The molecule has 2 N–H and O–H groups in total. The Bertz CT molecular complexity index is 603. The van der Waals surface area contributed by atoms with Gasteiger partial charge < -0.3 is 10.1 Å². The summed E-state index contributed by atoms with van der Waals surface area (Å²) in [6.45, 7) is 1.80. The lowest BCUT2D eigenvalue weighted by atomic mass is 10.1. The van der Waals surface area contributed by atoms with Crippen molar-refractivity contribution >= 4 is 17.5 Å². The zero-order valence-corrected chi connectivity index (χ0v) is 12.5. The minimum absolute atomic E-state index is 0.0840. The van der Waals surface area contributed by atoms with Crippen LogP contribution in [0.5, 0.6) is 5.75 Å². The molecule has 1 aromatic carbocycles. The smallest absolute Gasteiger partial charge is 0.220 e. The van der Waals surface area contributed by atoms with E-state index in [0.29, 0.717) is 29.4 Å². The first-order valence-corrected chi connectivity index (χ1v) is 6.83. The third-order valence-corrected chi connectivity index (χ3v) is 3.28. The second-order valence-corrected chi connectivity index (χ2v) is 4.94. The van der Waals surface area contributed by atoms with Gasteiger partial charge in [-0.25, -0.2) is 0 Å². The van der Waals surface area contributed by atoms with Crippen molar-refractivity contribution in [3.05, 3.63) is 34.6 Å². The molecular formula is C13H16ClN5O2. The zero-order chi connectivity index (χ0) is 15.2. The Kier molecular flexibility index (Phi) is 5.10. The van der Waals surface area contributed by atoms with Crippen LogP contribution in [0, 0.1) is 0 Å². The van der Waals surface area contributed by atoms with Gasteiger partial charge in [0.25, 0.3) is 0 Å². The second kappa shape index (κ2) is 7.03. The molecule has 0 saturated heterocycles. The van der Waals surface area contributed by atoms with Crippen molar-refractivity contribution in [2.45, 2.75) is 25.8 Å². The average molecular weight is 310 g/mol. The predicted molar refractivity (Wildman–Crippen MR) is 77.1 cm³/mol. The normalized spacial score (nSPS) is 12.0. The Balaban J connectivity index is 1.85. The van der Waals surface area contributed by atoms with E-state index < -0.39 is 0 Å². The van der Waals surface area contributed by atoms with E-state index in [4.69, 9.17) is 16.3 Å². The lowest BCUT2D eigenvalue weighted by molar-refractivity contribution is -0.121. The lowest BCUT2D eigenvalue weighted by Gasteiger charge is -2.10. The summed E-state index contributed by atoms with van der Waals surface area (Å²) in [5, 5.41) is 16.8. The van der Waals surface area contributed by atoms with Crippen LogP contribution in [0.4, 0.5) is 0 Å². The fraction of sp³-hybridized carbons (Fsp3) is 0.385. The monoisotopic (exact) mass is 309 g/mol. The summed E-state index contributed by atoms with van der Waals surface area (Å²) in [6.07, 6.45) is 0.944. The fourth-order valence-corrected chi connectivity index (χ4v) is 2.13. The molecule has 0 radical (unpaired) electrons. The molecule has 0 aliphatic rings. The number of benzene rings is 1. The summed E-state index contributed by atoms with van der Waals surface area (Å²) in [6, 6.07) is 5.20. The van der Waals surface area contributed by atoms with Crippen LogP contribution < -0.4 is 10.1 Å². The number of H-pyrrole nitrogens is 1. The molecule has 2 rings (SSSR count). The number of rotatable bonds is 6. The SMILES string of the molecule is COc1ccc(CCC(=O)NC(C)c2nn[nH]n2)cc1Cl. The van der Waals surface area contributed by atoms with E-state index in [1.165, 1.54) is 0 Å². The molecule has 1 amide bonds. The highest BCUT2D eigenvalue weighted by Gasteiger charge is 2.13. The summed E-state index contributed by atoms with van der Waals surface area (Å²) in [5.74, 6) is 0.991. The minimum Gasteiger partial charge on any atom is -0.495 e. The molecule has 21 heavy (non-hydrogen) atoms. The number of carbonyl (C=O) groups excluding carboxylic acids is 1. The van der Waals surface area contributed by atoms with Crippen LogP contribution in [0.3, 0.4) is 0 Å². The molecule has 1 unspecified atom stereocenters. The van der Waals surface area contributed by atoms with E-state index in [0.717, 1.165) is 5.56 Å². The summed E-state index contributed by atoms with van der Waals surface area (Å²) in [4.78, 5) is 11.9. The number of hydrogen-bond acceptors (Lipinski definition) is 5. The highest BCUT2D eigenvalue weighted by atomic mass is 35.5. The number of tetrazole rings is 1. The lowest BCUT2D eigenvalue weighted by Crippen LogP contribution is -2.27. The third kappa shape index (κ3) is 4.16. The highest BCUT2D eigenvalue weighted by Crippen LogP contribution is 2.25. The number of nitrogens with zero attached hydrogens (tertiary/aromatic N) is 3. The van der Waals surface area contributed by atoms with Gasteiger partial charge in [-0.1, -0.05) is 22.9 Å². The summed E-state index contributed by atoms with van der Waals surface area (Å²) < 4.78 is 5.09. The summed E-state index contributed by atoms with van der Waals surface area (Å²) >= 11 is 6.04.